The molecule has 16 amide bonds. The highest BCUT2D eigenvalue weighted by Gasteiger charge is 2.49. The maximum atomic E-state index is 15.4. The first-order chi connectivity index (χ1) is 64.5. The predicted octanol–water partition coefficient (Wildman–Crippen LogP) is -1.56. The number of para-hydroxylation sites is 1. The number of carboxylic acid groups (broad SMARTS) is 2. The lowest BCUT2D eigenvalue weighted by molar-refractivity contribution is -0.143. The molecule has 1 fully saturated rings. The van der Waals surface area contributed by atoms with Gasteiger partial charge in [-0.2, -0.15) is 0 Å². The Bertz CT molecular complexity index is 5230. The minimum absolute atomic E-state index is 0.0450. The highest BCUT2D eigenvalue weighted by atomic mass is 32.2. The van der Waals surface area contributed by atoms with Crippen LogP contribution in [-0.4, -0.2) is 266 Å². The number of aliphatic hydroxyl groups is 1. The van der Waals surface area contributed by atoms with E-state index in [0.29, 0.717) is 33.8 Å². The summed E-state index contributed by atoms with van der Waals surface area (Å²) in [7, 11) is 1.28. The number of carbonyl (C=O) groups excluding carboxylic acids is 16. The molecule has 0 bridgehead atoms. The van der Waals surface area contributed by atoms with Crippen LogP contribution in [-0.2, 0) is 106 Å². The number of ether oxygens (including phenoxy) is 1. The Morgan fingerprint density at radius 1 is 0.533 bits per heavy atom. The lowest BCUT2D eigenvalue weighted by Crippen LogP contribution is -2.70. The number of aromatic nitrogens is 1. The summed E-state index contributed by atoms with van der Waals surface area (Å²) in [5, 5.41) is 67.4. The highest BCUT2D eigenvalue weighted by Crippen LogP contribution is 2.26. The van der Waals surface area contributed by atoms with Gasteiger partial charge in [0.2, 0.25) is 88.2 Å². The molecule has 1 aliphatic heterocycles. The lowest BCUT2D eigenvalue weighted by Gasteiger charge is -2.36. The number of benzene rings is 4. The lowest BCUT2D eigenvalue weighted by atomic mass is 9.86. The maximum absolute atomic E-state index is 15.4. The average molecular weight is 1920 g/mol. The van der Waals surface area contributed by atoms with Gasteiger partial charge in [-0.05, 0) is 122 Å². The van der Waals surface area contributed by atoms with Crippen LogP contribution in [0, 0.1) is 54.3 Å². The van der Waals surface area contributed by atoms with Crippen LogP contribution >= 0.6 is 11.8 Å². The van der Waals surface area contributed by atoms with Crippen molar-refractivity contribution in [3.05, 3.63) is 126 Å². The number of aliphatic carboxylic acids is 2. The van der Waals surface area contributed by atoms with Crippen LogP contribution in [0.25, 0.3) is 22.0 Å². The van der Waals surface area contributed by atoms with Crippen molar-refractivity contribution < 1.29 is 106 Å². The van der Waals surface area contributed by atoms with E-state index in [-0.39, 0.29) is 55.9 Å². The normalized spacial score (nSPS) is 24.5. The fraction of sp³-hybridized carbons (Fsp3) is 0.495. The van der Waals surface area contributed by atoms with Gasteiger partial charge in [0.15, 0.2) is 12.1 Å². The summed E-state index contributed by atoms with van der Waals surface area (Å²) < 4.78 is 5.28. The number of nitrogens with one attached hydrogen (secondary N) is 15. The second-order valence-electron chi connectivity index (χ2n) is 35.6. The number of aliphatic hydroxyl groups excluding tert-OH is 1. The number of likely N-dealkylation sites (N-methyl/N-ethyl adjacent to an activating group) is 1. The third kappa shape index (κ3) is 32.4. The van der Waals surface area contributed by atoms with Crippen LogP contribution in [0.1, 0.15) is 132 Å². The van der Waals surface area contributed by atoms with E-state index in [4.69, 9.17) is 34.8 Å². The van der Waals surface area contributed by atoms with E-state index in [9.17, 15) is 68.1 Å². The number of thioether (sulfide) groups is 1. The molecule has 1 aliphatic rings. The van der Waals surface area contributed by atoms with Crippen molar-refractivity contribution in [2.45, 2.75) is 231 Å². The molecule has 5 aromatic rings. The van der Waals surface area contributed by atoms with Crippen molar-refractivity contribution in [3.63, 3.8) is 0 Å². The predicted molar refractivity (Wildman–Crippen MR) is 508 cm³/mol. The summed E-state index contributed by atoms with van der Waals surface area (Å²) in [6.07, 6.45) is 8.66. The van der Waals surface area contributed by atoms with Crippen molar-refractivity contribution in [2.75, 3.05) is 38.2 Å². The first-order valence-corrected chi connectivity index (χ1v) is 46.0. The molecule has 1 saturated heterocycles. The average Bonchev–Trinajstić information content (AvgIpc) is 1.18. The number of carboxylic acids is 2. The first kappa shape index (κ1) is 112. The monoisotopic (exact) mass is 1920 g/mol. The molecule has 0 unspecified atom stereocenters. The number of fused-ring (bicyclic) bond motifs is 1. The van der Waals surface area contributed by atoms with Gasteiger partial charge in [-0.1, -0.05) is 166 Å². The quantitative estimate of drug-likeness (QED) is 0.0279. The number of rotatable bonds is 26. The molecular formula is C95H129N19O22S. The van der Waals surface area contributed by atoms with Gasteiger partial charge in [-0.15, -0.1) is 24.6 Å². The molecule has 41 nitrogen and oxygen atoms in total. The van der Waals surface area contributed by atoms with Crippen molar-refractivity contribution >= 4 is 129 Å². The van der Waals surface area contributed by atoms with E-state index in [0.717, 1.165) is 23.0 Å². The molecular weight excluding hydrogens is 1790 g/mol. The Morgan fingerprint density at radius 3 is 1.57 bits per heavy atom. The largest absolute Gasteiger partial charge is 0.482 e. The Labute approximate surface area is 799 Å². The fourth-order valence-electron chi connectivity index (χ4n) is 14.8. The van der Waals surface area contributed by atoms with Gasteiger partial charge < -0.3 is 122 Å². The summed E-state index contributed by atoms with van der Waals surface area (Å²) in [4.78, 5) is 264. The van der Waals surface area contributed by atoms with Gasteiger partial charge in [0.05, 0.1) is 18.3 Å². The van der Waals surface area contributed by atoms with E-state index < -0.39 is 263 Å². The molecule has 742 valence electrons. The SMILES string of the molecule is C#C[C@]1(CC(C)C)NC(=O)[C@H](CCN)NC(=O)[C@@H](CC(C)C)NC(=O)[C@H](C)N(C)C(=O)[C@H](C(C)C)NC(=O)[C@H](Cc2ccc(-c3ccccc3)cc2)NC(=O)[C@H](C(C)C)NC(=O)[C@H](Cc2c[nH]c3ccccc23)NC(=O)[C@H](CC(=O)O)NC(=O)[C@H](Cc2ccc(OCC(=O)O)cc2)NC(=O)[C@H](CN)NC(=O)CSC[C@@H](C(=O)N[C@@H](C)C(N)=O)NC(=O)[C@@](C#C)([C@@H](C)O)NC(=O)[C@H](C(C)C)NC1=O. The standard InChI is InChI=1S/C95H129N19O22S/c1-17-94(43-50(5)6)92(134)111-77(52(9)10)90(132)113-95(18-2,56(15)115)93(135)108-72(87(129)100-54(13)79(98)121)47-137-48-73(116)101-71(44-97)86(128)104-67(40-58-30-34-62(35-31-58)136-46-75(119)120)82(124)106-70(42-74(117)118)83(125)105-69(41-61-45-99-64-27-23-22-26-63(61)64)85(127)109-76(51(7)8)89(131)107-68(39-57-28-32-60(33-29-57)59-24-20-19-21-25-59)84(126)110-78(53(11)12)91(133)114(16)55(14)80(122)103-66(38-49(3)4)81(123)102-65(36-37-96)88(130)112-94/h1-2,19-35,45,49-56,65-72,76-78,99,115H,36-44,46-48,96-97H2,3-16H3,(H2,98,121)(H,100,129)(H,101,116)(H,102,123)(H,103,122)(H,104,128)(H,105,125)(H,106,124)(H,107,131)(H,108,135)(H,109,127)(H,110,126)(H,111,134)(H,112,130)(H,113,132)(H,117,118)(H,119,120)/t54-,55-,56+,65-,66+,67-,68-,69-,70-,71-,72-,76-,77-,78-,94+,95+/m0/s1. The summed E-state index contributed by atoms with van der Waals surface area (Å²) >= 11 is 0.606. The van der Waals surface area contributed by atoms with Gasteiger partial charge in [0.25, 0.3) is 11.8 Å². The van der Waals surface area contributed by atoms with Crippen LogP contribution < -0.4 is 96.4 Å². The Balaban J connectivity index is 1.50. The summed E-state index contributed by atoms with van der Waals surface area (Å²) in [6.45, 7) is 17.8. The molecule has 0 aliphatic carbocycles. The third-order valence-corrected chi connectivity index (χ3v) is 23.8. The van der Waals surface area contributed by atoms with Crippen molar-refractivity contribution in [1.29, 1.82) is 0 Å². The number of terminal acetylenes is 2. The number of hydrogen-bond acceptors (Lipinski definition) is 23. The summed E-state index contributed by atoms with van der Waals surface area (Å²) in [5.41, 5.74) is 15.8. The molecule has 0 radical (unpaired) electrons. The van der Waals surface area contributed by atoms with Crippen molar-refractivity contribution in [2.24, 2.45) is 46.8 Å². The van der Waals surface area contributed by atoms with Crippen molar-refractivity contribution in [3.8, 4) is 41.6 Å². The Hall–Kier alpha value is -14.0. The third-order valence-electron chi connectivity index (χ3n) is 22.7. The first-order valence-electron chi connectivity index (χ1n) is 44.8. The smallest absolute Gasteiger partial charge is 0.341 e. The zero-order chi connectivity index (χ0) is 102. The van der Waals surface area contributed by atoms with E-state index in [2.05, 4.69) is 91.3 Å². The Kier molecular flexibility index (Phi) is 42.6. The van der Waals surface area contributed by atoms with Gasteiger partial charge in [-0.3, -0.25) is 81.5 Å². The van der Waals surface area contributed by atoms with E-state index >= 15 is 33.6 Å². The molecule has 0 spiro atoms. The van der Waals surface area contributed by atoms with Crippen LogP contribution in [0.2, 0.25) is 0 Å². The van der Waals surface area contributed by atoms with Gasteiger partial charge >= 0.3 is 11.9 Å². The summed E-state index contributed by atoms with van der Waals surface area (Å²) in [6, 6.07) is 6.97. The molecule has 0 saturated carbocycles. The molecule has 24 N–H and O–H groups in total. The van der Waals surface area contributed by atoms with Gasteiger partial charge in [0, 0.05) is 55.7 Å². The van der Waals surface area contributed by atoms with Crippen LogP contribution in [0.5, 0.6) is 5.75 Å². The topological polar surface area (TPSA) is 643 Å². The number of nitrogens with two attached hydrogens (primary N) is 3. The second-order valence-corrected chi connectivity index (χ2v) is 36.6. The maximum Gasteiger partial charge on any atom is 0.341 e. The molecule has 6 rings (SSSR count). The molecule has 42 heteroatoms. The van der Waals surface area contributed by atoms with Gasteiger partial charge in [0.1, 0.15) is 84.3 Å². The minimum atomic E-state index is -2.87. The number of nitrogens with zero attached hydrogens (tertiary/aromatic N) is 1. The number of hydrogen-bond donors (Lipinski definition) is 21. The van der Waals surface area contributed by atoms with Crippen LogP contribution in [0.15, 0.2) is 109 Å². The number of carbonyl (C=O) groups is 18. The molecule has 137 heavy (non-hydrogen) atoms. The zero-order valence-electron chi connectivity index (χ0n) is 79.2. The summed E-state index contributed by atoms with van der Waals surface area (Å²) in [5.74, 6) is -20.8. The molecule has 1 aromatic heterocycles. The van der Waals surface area contributed by atoms with Crippen LogP contribution in [0.3, 0.4) is 0 Å². The fourth-order valence-corrected chi connectivity index (χ4v) is 15.6. The Morgan fingerprint density at radius 2 is 1.04 bits per heavy atom. The van der Waals surface area contributed by atoms with Crippen LogP contribution in [0.4, 0.5) is 0 Å². The highest BCUT2D eigenvalue weighted by molar-refractivity contribution is 8.00. The number of H-pyrrole nitrogens is 1. The molecule has 16 atom stereocenters. The van der Waals surface area contributed by atoms with E-state index in [1.807, 2.05) is 30.3 Å². The second kappa shape index (κ2) is 52.2. The molecule has 2 heterocycles. The number of primary amides is 1. The minimum Gasteiger partial charge on any atom is -0.482 e. The van der Waals surface area contributed by atoms with Crippen molar-refractivity contribution in [1.82, 2.24) is 84.3 Å². The van der Waals surface area contributed by atoms with Gasteiger partial charge in [-0.25, -0.2) is 4.79 Å². The van der Waals surface area contributed by atoms with E-state index in [1.54, 1.807) is 110 Å². The number of amides is 16. The molecule has 4 aromatic carbocycles. The number of aromatic amines is 1. The zero-order valence-corrected chi connectivity index (χ0v) is 80.0. The van der Waals surface area contributed by atoms with E-state index in [1.165, 1.54) is 59.0 Å².